The molecule has 1 aromatic rings. The maximum absolute atomic E-state index is 12.9. The Labute approximate surface area is 124 Å². The Morgan fingerprint density at radius 1 is 1.55 bits per heavy atom. The van der Waals surface area contributed by atoms with E-state index in [0.717, 1.165) is 5.56 Å². The molecule has 3 N–H and O–H groups in total. The van der Waals surface area contributed by atoms with Gasteiger partial charge in [-0.25, -0.2) is 0 Å². The van der Waals surface area contributed by atoms with Crippen LogP contribution in [0, 0.1) is 12.0 Å². The zero-order chi connectivity index (χ0) is 15.5. The van der Waals surface area contributed by atoms with Crippen molar-refractivity contribution >= 4 is 22.6 Å². The van der Waals surface area contributed by atoms with Crippen LogP contribution in [-0.2, 0) is 22.5 Å². The van der Waals surface area contributed by atoms with Crippen molar-refractivity contribution in [2.75, 3.05) is 12.8 Å². The Morgan fingerprint density at radius 2 is 2.15 bits per heavy atom. The van der Waals surface area contributed by atoms with Gasteiger partial charge < -0.3 is 15.6 Å². The number of hydrogen-bond donors (Lipinski definition) is 2. The molecule has 1 rings (SSSR count). The molecular weight excluding hydrogens is 272 g/mol. The largest absolute Gasteiger partial charge is 0.611 e. The lowest BCUT2D eigenvalue weighted by Crippen LogP contribution is -2.43. The van der Waals surface area contributed by atoms with Crippen molar-refractivity contribution < 1.29 is 9.35 Å². The van der Waals surface area contributed by atoms with Crippen molar-refractivity contribution in [2.45, 2.75) is 43.9 Å². The van der Waals surface area contributed by atoms with E-state index in [9.17, 15) is 9.35 Å². The summed E-state index contributed by atoms with van der Waals surface area (Å²) in [5.41, 5.74) is 7.13. The van der Waals surface area contributed by atoms with Gasteiger partial charge >= 0.3 is 0 Å². The highest BCUT2D eigenvalue weighted by molar-refractivity contribution is 7.93. The minimum Gasteiger partial charge on any atom is -0.611 e. The van der Waals surface area contributed by atoms with Crippen LogP contribution < -0.4 is 11.1 Å². The highest BCUT2D eigenvalue weighted by atomic mass is 32.2. The van der Waals surface area contributed by atoms with Gasteiger partial charge in [0.1, 0.15) is 0 Å². The smallest absolute Gasteiger partial charge is 0.190 e. The molecule has 0 aliphatic heterocycles. The molecule has 0 saturated carbocycles. The summed E-state index contributed by atoms with van der Waals surface area (Å²) in [5.74, 6) is -0.174. The van der Waals surface area contributed by atoms with Gasteiger partial charge in [0, 0.05) is 29.8 Å². The van der Waals surface area contributed by atoms with Gasteiger partial charge in [-0.3, -0.25) is 4.79 Å². The minimum absolute atomic E-state index is 0.0161. The first kappa shape index (κ1) is 17.0. The molecular formula is C15H23N2O2S. The molecule has 0 aromatic heterocycles. The average molecular weight is 295 g/mol. The second-order valence-corrected chi connectivity index (χ2v) is 7.56. The maximum Gasteiger partial charge on any atom is 0.190 e. The number of carbonyl (C=O) groups is 1. The Balaban J connectivity index is 3.24. The van der Waals surface area contributed by atoms with Crippen LogP contribution in [0.4, 0.5) is 5.69 Å². The predicted molar refractivity (Wildman–Crippen MR) is 82.8 cm³/mol. The third kappa shape index (κ3) is 3.34. The summed E-state index contributed by atoms with van der Waals surface area (Å²) in [6.07, 6.45) is 0. The third-order valence-corrected chi connectivity index (χ3v) is 5.14. The van der Waals surface area contributed by atoms with Gasteiger partial charge in [0.05, 0.1) is 0 Å². The third-order valence-electron chi connectivity index (χ3n) is 3.23. The number of ketones is 1. The monoisotopic (exact) mass is 295 g/mol. The molecule has 5 heteroatoms. The molecule has 20 heavy (non-hydrogen) atoms. The van der Waals surface area contributed by atoms with Gasteiger partial charge in [0.2, 0.25) is 0 Å². The Hall–Kier alpha value is -1.04. The normalized spacial score (nSPS) is 13.6. The van der Waals surface area contributed by atoms with Gasteiger partial charge in [-0.2, -0.15) is 0 Å². The van der Waals surface area contributed by atoms with Gasteiger partial charge in [-0.05, 0) is 44.2 Å². The van der Waals surface area contributed by atoms with Crippen LogP contribution in [0.2, 0.25) is 0 Å². The first-order valence-electron chi connectivity index (χ1n) is 6.63. The van der Waals surface area contributed by atoms with Crippen LogP contribution in [-0.4, -0.2) is 22.1 Å². The molecule has 0 saturated heterocycles. The van der Waals surface area contributed by atoms with Gasteiger partial charge in [0.15, 0.2) is 15.4 Å². The second-order valence-electron chi connectivity index (χ2n) is 5.56. The first-order chi connectivity index (χ1) is 9.23. The minimum atomic E-state index is -1.46. The van der Waals surface area contributed by atoms with Crippen molar-refractivity contribution in [3.63, 3.8) is 0 Å². The van der Waals surface area contributed by atoms with E-state index in [1.165, 1.54) is 0 Å². The van der Waals surface area contributed by atoms with Crippen LogP contribution in [0.15, 0.2) is 17.0 Å². The van der Waals surface area contributed by atoms with Crippen LogP contribution in [0.25, 0.3) is 0 Å². The molecule has 0 fully saturated rings. The fraction of sp³-hybridized carbons (Fsp3) is 0.533. The van der Waals surface area contributed by atoms with Crippen molar-refractivity contribution in [3.8, 4) is 0 Å². The molecule has 1 unspecified atom stereocenters. The van der Waals surface area contributed by atoms with E-state index in [2.05, 4.69) is 11.4 Å². The Kier molecular flexibility index (Phi) is 5.62. The molecule has 4 nitrogen and oxygen atoms in total. The topological polar surface area (TPSA) is 78.2 Å². The second kappa shape index (κ2) is 6.61. The predicted octanol–water partition coefficient (Wildman–Crippen LogP) is 1.90. The molecule has 0 amide bonds. The molecule has 0 aliphatic rings. The number of anilines is 1. The molecule has 0 bridgehead atoms. The molecule has 1 atom stereocenters. The van der Waals surface area contributed by atoms with Crippen molar-refractivity contribution in [2.24, 2.45) is 5.92 Å². The summed E-state index contributed by atoms with van der Waals surface area (Å²) in [7, 11) is 1.80. The maximum atomic E-state index is 12.9. The SMILES string of the molecule is CNCc1c(N)[c]ccc1[S+]([O-])C(C)(C)C(=O)C(C)C. The van der Waals surface area contributed by atoms with E-state index < -0.39 is 15.9 Å². The average Bonchev–Trinajstić information content (AvgIpc) is 2.39. The summed E-state index contributed by atoms with van der Waals surface area (Å²) in [5, 5.41) is 3.00. The summed E-state index contributed by atoms with van der Waals surface area (Å²) in [6.45, 7) is 7.59. The summed E-state index contributed by atoms with van der Waals surface area (Å²) < 4.78 is 11.9. The fourth-order valence-electron chi connectivity index (χ4n) is 2.12. The van der Waals surface area contributed by atoms with Gasteiger partial charge in [-0.1, -0.05) is 13.8 Å². The van der Waals surface area contributed by atoms with Crippen molar-refractivity contribution in [3.05, 3.63) is 23.8 Å². The lowest BCUT2D eigenvalue weighted by molar-refractivity contribution is -0.123. The fourth-order valence-corrected chi connectivity index (χ4v) is 3.69. The number of hydrogen-bond acceptors (Lipinski definition) is 4. The van der Waals surface area contributed by atoms with E-state index in [1.807, 2.05) is 13.8 Å². The first-order valence-corrected chi connectivity index (χ1v) is 7.78. The molecule has 111 valence electrons. The molecule has 1 aromatic carbocycles. The van der Waals surface area contributed by atoms with Gasteiger partial charge in [-0.15, -0.1) is 0 Å². The summed E-state index contributed by atoms with van der Waals surface area (Å²) in [6, 6.07) is 6.28. The molecule has 0 heterocycles. The van der Waals surface area contributed by atoms with Crippen molar-refractivity contribution in [1.29, 1.82) is 0 Å². The Bertz CT molecular complexity index is 487. The van der Waals surface area contributed by atoms with E-state index in [0.29, 0.717) is 17.1 Å². The van der Waals surface area contributed by atoms with Crippen molar-refractivity contribution in [1.82, 2.24) is 5.32 Å². The number of rotatable bonds is 6. The highest BCUT2D eigenvalue weighted by Crippen LogP contribution is 2.32. The lowest BCUT2D eigenvalue weighted by atomic mass is 9.98. The van der Waals surface area contributed by atoms with E-state index in [4.69, 9.17) is 5.73 Å². The summed E-state index contributed by atoms with van der Waals surface area (Å²) in [4.78, 5) is 12.9. The molecule has 1 radical (unpaired) electrons. The van der Waals surface area contributed by atoms with Crippen LogP contribution in [0.5, 0.6) is 0 Å². The van der Waals surface area contributed by atoms with E-state index in [-0.39, 0.29) is 11.7 Å². The number of carbonyl (C=O) groups excluding carboxylic acids is 1. The summed E-state index contributed by atoms with van der Waals surface area (Å²) >= 11 is -1.46. The molecule has 0 spiro atoms. The number of nitrogens with two attached hydrogens (primary N) is 1. The molecule has 0 aliphatic carbocycles. The van der Waals surface area contributed by atoms with Gasteiger partial charge in [0.25, 0.3) is 0 Å². The van der Waals surface area contributed by atoms with E-state index >= 15 is 0 Å². The van der Waals surface area contributed by atoms with E-state index in [1.54, 1.807) is 33.0 Å². The highest BCUT2D eigenvalue weighted by Gasteiger charge is 2.43. The lowest BCUT2D eigenvalue weighted by Gasteiger charge is -2.29. The number of Topliss-reactive ketones (excluding diaryl/α,β-unsaturated/α-hetero) is 1. The van der Waals surface area contributed by atoms with Crippen LogP contribution in [0.1, 0.15) is 33.3 Å². The number of nitrogen functional groups attached to an aromatic ring is 1. The zero-order valence-corrected chi connectivity index (χ0v) is 13.6. The Morgan fingerprint density at radius 3 is 2.65 bits per heavy atom. The van der Waals surface area contributed by atoms with Crippen LogP contribution >= 0.6 is 0 Å². The van der Waals surface area contributed by atoms with Crippen LogP contribution in [0.3, 0.4) is 0 Å². The number of nitrogens with one attached hydrogen (secondary N) is 1. The number of benzene rings is 1. The quantitative estimate of drug-likeness (QED) is 0.620. The standard InChI is InChI=1S/C15H23N2O2S/c1-10(2)14(18)15(3,4)20(19)13-8-6-7-12(16)11(13)9-17-5/h6,8,10,17H,9,16H2,1-5H3. The zero-order valence-electron chi connectivity index (χ0n) is 12.7.